The number of benzene rings is 1. The molecule has 0 atom stereocenters. The Morgan fingerprint density at radius 1 is 1.56 bits per heavy atom. The van der Waals surface area contributed by atoms with Crippen molar-refractivity contribution < 1.29 is 14.2 Å². The minimum Gasteiger partial charge on any atom is -0.504 e. The molecule has 0 heterocycles. The summed E-state index contributed by atoms with van der Waals surface area (Å²) < 4.78 is 19.1. The molecule has 0 bridgehead atoms. The van der Waals surface area contributed by atoms with Gasteiger partial charge in [0.15, 0.2) is 11.5 Å². The van der Waals surface area contributed by atoms with Crippen LogP contribution in [0.5, 0.6) is 11.5 Å². The predicted octanol–water partition coefficient (Wildman–Crippen LogP) is 2.64. The van der Waals surface area contributed by atoms with E-state index in [1.165, 1.54) is 7.11 Å². The molecule has 88 valence electrons. The first kappa shape index (κ1) is 11.7. The molecule has 1 aliphatic rings. The molecule has 3 nitrogen and oxygen atoms in total. The number of ether oxygens (including phenoxy) is 1. The van der Waals surface area contributed by atoms with Crippen molar-refractivity contribution in [2.75, 3.05) is 7.11 Å². The van der Waals surface area contributed by atoms with Gasteiger partial charge in [0.05, 0.1) is 11.6 Å². The van der Waals surface area contributed by atoms with Crippen LogP contribution in [0.4, 0.5) is 4.39 Å². The molecule has 0 unspecified atom stereocenters. The Bertz CT molecular complexity index is 432. The maximum absolute atomic E-state index is 13.8. The number of nitrogens with two attached hydrogens (primary N) is 1. The fraction of sp³-hybridized carbons (Fsp3) is 0.455. The van der Waals surface area contributed by atoms with Crippen molar-refractivity contribution in [2.24, 2.45) is 5.73 Å². The second-order valence-electron chi connectivity index (χ2n) is 4.11. The van der Waals surface area contributed by atoms with E-state index < -0.39 is 17.1 Å². The zero-order valence-electron chi connectivity index (χ0n) is 8.89. The summed E-state index contributed by atoms with van der Waals surface area (Å²) in [5, 5.41) is 9.78. The molecular formula is C11H13BrFNO2. The molecule has 1 fully saturated rings. The summed E-state index contributed by atoms with van der Waals surface area (Å²) in [6.07, 6.45) is 2.53. The van der Waals surface area contributed by atoms with E-state index in [0.29, 0.717) is 10.0 Å². The van der Waals surface area contributed by atoms with Crippen LogP contribution >= 0.6 is 15.9 Å². The molecule has 1 saturated carbocycles. The number of rotatable bonds is 2. The summed E-state index contributed by atoms with van der Waals surface area (Å²) >= 11 is 3.21. The number of hydrogen-bond acceptors (Lipinski definition) is 3. The molecule has 0 radical (unpaired) electrons. The number of phenols is 1. The van der Waals surface area contributed by atoms with Crippen LogP contribution in [0.3, 0.4) is 0 Å². The Morgan fingerprint density at radius 2 is 2.19 bits per heavy atom. The first-order valence-electron chi connectivity index (χ1n) is 5.04. The molecule has 2 rings (SSSR count). The summed E-state index contributed by atoms with van der Waals surface area (Å²) in [6.45, 7) is 0. The normalized spacial score (nSPS) is 18.0. The number of methoxy groups -OCH3 is 1. The zero-order valence-corrected chi connectivity index (χ0v) is 10.5. The van der Waals surface area contributed by atoms with Gasteiger partial charge in [0, 0.05) is 11.1 Å². The van der Waals surface area contributed by atoms with Gasteiger partial charge in [0.2, 0.25) is 5.82 Å². The van der Waals surface area contributed by atoms with Crippen LogP contribution in [0, 0.1) is 5.82 Å². The van der Waals surface area contributed by atoms with Gasteiger partial charge in [-0.15, -0.1) is 0 Å². The minimum atomic E-state index is -0.761. The summed E-state index contributed by atoms with van der Waals surface area (Å²) in [6, 6.07) is 1.64. The van der Waals surface area contributed by atoms with Crippen molar-refractivity contribution in [3.63, 3.8) is 0 Å². The smallest absolute Gasteiger partial charge is 0.208 e. The predicted molar refractivity (Wildman–Crippen MR) is 62.0 cm³/mol. The Hall–Kier alpha value is -0.810. The van der Waals surface area contributed by atoms with Gasteiger partial charge in [-0.1, -0.05) is 0 Å². The van der Waals surface area contributed by atoms with Crippen LogP contribution in [-0.4, -0.2) is 12.2 Å². The summed E-state index contributed by atoms with van der Waals surface area (Å²) in [4.78, 5) is 0. The van der Waals surface area contributed by atoms with Crippen LogP contribution in [0.1, 0.15) is 24.8 Å². The molecule has 5 heteroatoms. The Kier molecular flexibility index (Phi) is 2.84. The molecule has 0 spiro atoms. The van der Waals surface area contributed by atoms with Crippen molar-refractivity contribution in [2.45, 2.75) is 24.8 Å². The third-order valence-electron chi connectivity index (χ3n) is 3.14. The van der Waals surface area contributed by atoms with Crippen molar-refractivity contribution in [1.29, 1.82) is 0 Å². The lowest BCUT2D eigenvalue weighted by Gasteiger charge is -2.39. The average Bonchev–Trinajstić information content (AvgIpc) is 2.21. The van der Waals surface area contributed by atoms with E-state index in [1.54, 1.807) is 6.07 Å². The fourth-order valence-electron chi connectivity index (χ4n) is 1.98. The van der Waals surface area contributed by atoms with Gasteiger partial charge in [-0.3, -0.25) is 0 Å². The minimum absolute atomic E-state index is 0.00386. The maximum atomic E-state index is 13.8. The lowest BCUT2D eigenvalue weighted by atomic mass is 9.72. The van der Waals surface area contributed by atoms with E-state index in [9.17, 15) is 9.50 Å². The van der Waals surface area contributed by atoms with E-state index in [-0.39, 0.29) is 5.75 Å². The Morgan fingerprint density at radius 3 is 2.62 bits per heavy atom. The first-order chi connectivity index (χ1) is 7.49. The highest BCUT2D eigenvalue weighted by Crippen LogP contribution is 2.47. The van der Waals surface area contributed by atoms with Crippen LogP contribution in [-0.2, 0) is 5.54 Å². The Balaban J connectivity index is 2.56. The maximum Gasteiger partial charge on any atom is 0.208 e. The van der Waals surface area contributed by atoms with Gasteiger partial charge in [0.25, 0.3) is 0 Å². The molecule has 0 saturated heterocycles. The molecule has 1 aromatic carbocycles. The van der Waals surface area contributed by atoms with Gasteiger partial charge >= 0.3 is 0 Å². The van der Waals surface area contributed by atoms with Crippen molar-refractivity contribution in [3.8, 4) is 11.5 Å². The largest absolute Gasteiger partial charge is 0.504 e. The fourth-order valence-corrected chi connectivity index (χ4v) is 2.55. The van der Waals surface area contributed by atoms with Crippen molar-refractivity contribution >= 4 is 15.9 Å². The highest BCUT2D eigenvalue weighted by atomic mass is 79.9. The molecule has 3 N–H and O–H groups in total. The summed E-state index contributed by atoms with van der Waals surface area (Å²) in [5.74, 6) is -1.16. The van der Waals surface area contributed by atoms with E-state index in [2.05, 4.69) is 15.9 Å². The topological polar surface area (TPSA) is 55.5 Å². The molecule has 0 amide bonds. The van der Waals surface area contributed by atoms with Gasteiger partial charge in [-0.25, -0.2) is 0 Å². The van der Waals surface area contributed by atoms with E-state index in [0.717, 1.165) is 19.3 Å². The quantitative estimate of drug-likeness (QED) is 0.880. The lowest BCUT2D eigenvalue weighted by molar-refractivity contribution is 0.241. The SMILES string of the molecule is COc1c(Br)cc(C2(N)CCC2)c(O)c1F. The van der Waals surface area contributed by atoms with Crippen LogP contribution < -0.4 is 10.5 Å². The number of phenolic OH excluding ortho intramolecular Hbond substituents is 1. The van der Waals surface area contributed by atoms with Crippen LogP contribution in [0.2, 0.25) is 0 Å². The number of aromatic hydroxyl groups is 1. The average molecular weight is 290 g/mol. The molecule has 16 heavy (non-hydrogen) atoms. The third-order valence-corrected chi connectivity index (χ3v) is 3.73. The monoisotopic (exact) mass is 289 g/mol. The Labute approximate surface area is 102 Å². The zero-order chi connectivity index (χ0) is 11.9. The molecule has 1 aromatic rings. The van der Waals surface area contributed by atoms with Crippen molar-refractivity contribution in [1.82, 2.24) is 0 Å². The van der Waals surface area contributed by atoms with Crippen LogP contribution in [0.25, 0.3) is 0 Å². The summed E-state index contributed by atoms with van der Waals surface area (Å²) in [5.41, 5.74) is 5.92. The van der Waals surface area contributed by atoms with Gasteiger partial charge in [-0.05, 0) is 41.3 Å². The van der Waals surface area contributed by atoms with Crippen LogP contribution in [0.15, 0.2) is 10.5 Å². The number of halogens is 2. The van der Waals surface area contributed by atoms with Gasteiger partial charge < -0.3 is 15.6 Å². The molecule has 0 aliphatic heterocycles. The highest BCUT2D eigenvalue weighted by Gasteiger charge is 2.38. The van der Waals surface area contributed by atoms with Gasteiger partial charge in [0.1, 0.15) is 0 Å². The second-order valence-corrected chi connectivity index (χ2v) is 4.97. The molecule has 0 aromatic heterocycles. The van der Waals surface area contributed by atoms with E-state index >= 15 is 0 Å². The van der Waals surface area contributed by atoms with E-state index in [1.807, 2.05) is 0 Å². The highest BCUT2D eigenvalue weighted by molar-refractivity contribution is 9.10. The first-order valence-corrected chi connectivity index (χ1v) is 5.83. The third kappa shape index (κ3) is 1.58. The second kappa shape index (κ2) is 3.89. The molecule has 1 aliphatic carbocycles. The number of hydrogen-bond donors (Lipinski definition) is 2. The van der Waals surface area contributed by atoms with Gasteiger partial charge in [-0.2, -0.15) is 4.39 Å². The lowest BCUT2D eigenvalue weighted by Crippen LogP contribution is -2.43. The summed E-state index contributed by atoms with van der Waals surface area (Å²) in [7, 11) is 1.35. The standard InChI is InChI=1S/C11H13BrFNO2/c1-16-10-7(12)5-6(9(15)8(10)13)11(14)3-2-4-11/h5,15H,2-4,14H2,1H3. The van der Waals surface area contributed by atoms with E-state index in [4.69, 9.17) is 10.5 Å². The van der Waals surface area contributed by atoms with Crippen molar-refractivity contribution in [3.05, 3.63) is 21.9 Å². The molecular weight excluding hydrogens is 277 g/mol.